The Hall–Kier alpha value is -3.99. The van der Waals surface area contributed by atoms with E-state index >= 15 is 0 Å². The van der Waals surface area contributed by atoms with Gasteiger partial charge in [-0.05, 0) is 48.9 Å². The number of nitrogens with one attached hydrogen (secondary N) is 1. The van der Waals surface area contributed by atoms with E-state index in [1.165, 1.54) is 30.6 Å². The maximum absolute atomic E-state index is 12.2. The minimum atomic E-state index is -3.42. The first kappa shape index (κ1) is 23.2. The van der Waals surface area contributed by atoms with Gasteiger partial charge in [-0.1, -0.05) is 0 Å². The van der Waals surface area contributed by atoms with E-state index in [1.807, 2.05) is 6.07 Å². The van der Waals surface area contributed by atoms with Crippen molar-refractivity contribution in [3.63, 3.8) is 0 Å². The molecule has 0 bridgehead atoms. The number of carboxylic acid groups (broad SMARTS) is 1. The number of hydrogen-bond donors (Lipinski definition) is 2. The first-order chi connectivity index (χ1) is 16.2. The van der Waals surface area contributed by atoms with Gasteiger partial charge in [0.1, 0.15) is 17.3 Å². The molecule has 0 radical (unpaired) electrons. The molecule has 1 aliphatic rings. The molecule has 1 saturated heterocycles. The van der Waals surface area contributed by atoms with Crippen molar-refractivity contribution in [1.82, 2.24) is 14.9 Å². The van der Waals surface area contributed by atoms with Gasteiger partial charge in [-0.3, -0.25) is 4.79 Å². The van der Waals surface area contributed by atoms with Crippen molar-refractivity contribution < 1.29 is 27.9 Å². The average molecular weight is 483 g/mol. The largest absolute Gasteiger partial charge is 0.478 e. The molecule has 1 aliphatic heterocycles. The molecule has 10 nitrogen and oxygen atoms in total. The second-order valence-electron chi connectivity index (χ2n) is 7.81. The molecule has 2 aromatic heterocycles. The lowest BCUT2D eigenvalue weighted by Gasteiger charge is -2.19. The van der Waals surface area contributed by atoms with E-state index in [1.54, 1.807) is 23.1 Å². The number of sulfone groups is 1. The van der Waals surface area contributed by atoms with Gasteiger partial charge in [0.2, 0.25) is 5.91 Å². The van der Waals surface area contributed by atoms with E-state index < -0.39 is 15.8 Å². The summed E-state index contributed by atoms with van der Waals surface area (Å²) in [6, 6.07) is 11.2. The zero-order valence-electron chi connectivity index (χ0n) is 18.3. The van der Waals surface area contributed by atoms with Crippen molar-refractivity contribution in [3.05, 3.63) is 66.0 Å². The van der Waals surface area contributed by atoms with Gasteiger partial charge in [0.15, 0.2) is 14.9 Å². The topological polar surface area (TPSA) is 139 Å². The molecule has 11 heteroatoms. The molecule has 1 amide bonds. The summed E-state index contributed by atoms with van der Waals surface area (Å²) in [5.74, 6) is 0.315. The molecule has 0 spiro atoms. The Morgan fingerprint density at radius 3 is 2.56 bits per heavy atom. The first-order valence-electron chi connectivity index (χ1n) is 10.4. The highest BCUT2D eigenvalue weighted by molar-refractivity contribution is 7.90. The number of ether oxygens (including phenoxy) is 1. The van der Waals surface area contributed by atoms with Gasteiger partial charge in [-0.25, -0.2) is 23.2 Å². The Morgan fingerprint density at radius 1 is 1.15 bits per heavy atom. The number of carbonyl (C=O) groups excluding carboxylic acids is 1. The Labute approximate surface area is 196 Å². The Bertz CT molecular complexity index is 1320. The number of amides is 1. The minimum absolute atomic E-state index is 0.0521. The van der Waals surface area contributed by atoms with Crippen LogP contribution in [0.3, 0.4) is 0 Å². The van der Waals surface area contributed by atoms with Crippen LogP contribution in [0.4, 0.5) is 11.5 Å². The van der Waals surface area contributed by atoms with Crippen molar-refractivity contribution in [2.75, 3.05) is 18.1 Å². The number of carbonyl (C=O) groups is 2. The number of benzene rings is 1. The predicted molar refractivity (Wildman–Crippen MR) is 123 cm³/mol. The van der Waals surface area contributed by atoms with Crippen LogP contribution >= 0.6 is 0 Å². The highest BCUT2D eigenvalue weighted by atomic mass is 32.2. The number of anilines is 2. The monoisotopic (exact) mass is 482 g/mol. The van der Waals surface area contributed by atoms with Crippen molar-refractivity contribution in [3.8, 4) is 11.5 Å². The van der Waals surface area contributed by atoms with Crippen LogP contribution in [0, 0.1) is 0 Å². The van der Waals surface area contributed by atoms with Crippen LogP contribution in [0.15, 0.2) is 59.9 Å². The number of hydrogen-bond acceptors (Lipinski definition) is 8. The molecule has 0 atom stereocenters. The van der Waals surface area contributed by atoms with Crippen LogP contribution in [0.2, 0.25) is 0 Å². The lowest BCUT2D eigenvalue weighted by molar-refractivity contribution is -0.128. The highest BCUT2D eigenvalue weighted by Gasteiger charge is 2.22. The molecule has 1 aromatic carbocycles. The van der Waals surface area contributed by atoms with E-state index in [-0.39, 0.29) is 16.5 Å². The van der Waals surface area contributed by atoms with Crippen LogP contribution in [0.5, 0.6) is 11.5 Å². The van der Waals surface area contributed by atoms with Gasteiger partial charge in [-0.15, -0.1) is 0 Å². The third-order valence-corrected chi connectivity index (χ3v) is 6.19. The zero-order chi connectivity index (χ0) is 24.3. The molecule has 3 aromatic rings. The smallest absolute Gasteiger partial charge is 0.337 e. The van der Waals surface area contributed by atoms with Crippen LogP contribution in [-0.4, -0.2) is 53.1 Å². The van der Waals surface area contributed by atoms with E-state index in [4.69, 9.17) is 9.84 Å². The van der Waals surface area contributed by atoms with E-state index in [0.717, 1.165) is 18.2 Å². The quantitative estimate of drug-likeness (QED) is 0.495. The fraction of sp³-hybridized carbons (Fsp3) is 0.217. The van der Waals surface area contributed by atoms with E-state index in [2.05, 4.69) is 15.3 Å². The summed E-state index contributed by atoms with van der Waals surface area (Å²) in [5.41, 5.74) is 1.49. The molecule has 4 rings (SSSR count). The molecule has 3 heterocycles. The van der Waals surface area contributed by atoms with Crippen molar-refractivity contribution in [1.29, 1.82) is 0 Å². The summed E-state index contributed by atoms with van der Waals surface area (Å²) in [7, 11) is -3.42. The van der Waals surface area contributed by atoms with Crippen LogP contribution in [0.1, 0.15) is 28.8 Å². The Morgan fingerprint density at radius 2 is 1.97 bits per heavy atom. The number of rotatable bonds is 8. The summed E-state index contributed by atoms with van der Waals surface area (Å²) < 4.78 is 29.2. The summed E-state index contributed by atoms with van der Waals surface area (Å²) in [5, 5.41) is 12.1. The Kier molecular flexibility index (Phi) is 6.46. The summed E-state index contributed by atoms with van der Waals surface area (Å²) in [6.07, 6.45) is 4.98. The zero-order valence-corrected chi connectivity index (χ0v) is 19.1. The number of carboxylic acids is 1. The second-order valence-corrected chi connectivity index (χ2v) is 9.77. The normalized spacial score (nSPS) is 13.7. The number of aromatic carboxylic acids is 1. The predicted octanol–water partition coefficient (Wildman–Crippen LogP) is 3.24. The Balaban J connectivity index is 1.59. The summed E-state index contributed by atoms with van der Waals surface area (Å²) in [4.78, 5) is 33.0. The molecular weight excluding hydrogens is 460 g/mol. The minimum Gasteiger partial charge on any atom is -0.478 e. The number of aromatic nitrogens is 2. The number of nitrogens with zero attached hydrogens (tertiary/aromatic N) is 3. The maximum Gasteiger partial charge on any atom is 0.337 e. The molecule has 0 saturated carbocycles. The van der Waals surface area contributed by atoms with Gasteiger partial charge >= 0.3 is 5.97 Å². The molecule has 176 valence electrons. The molecule has 0 aliphatic carbocycles. The van der Waals surface area contributed by atoms with Crippen molar-refractivity contribution in [2.45, 2.75) is 24.4 Å². The summed E-state index contributed by atoms with van der Waals surface area (Å²) >= 11 is 0. The molecule has 1 fully saturated rings. The third kappa shape index (κ3) is 5.49. The van der Waals surface area contributed by atoms with Crippen molar-refractivity contribution in [2.24, 2.45) is 0 Å². The SMILES string of the molecule is CS(=O)(=O)c1ccc(Oc2ccc(Nc3ccc(C(=O)O)cn3)cc2CN2CCCC2=O)cn1. The van der Waals surface area contributed by atoms with Gasteiger partial charge in [0.05, 0.1) is 11.8 Å². The van der Waals surface area contributed by atoms with Gasteiger partial charge in [0, 0.05) is 43.2 Å². The number of likely N-dealkylation sites (tertiary alicyclic amines) is 1. The second kappa shape index (κ2) is 9.48. The third-order valence-electron chi connectivity index (χ3n) is 5.19. The molecule has 34 heavy (non-hydrogen) atoms. The van der Waals surface area contributed by atoms with E-state index in [9.17, 15) is 18.0 Å². The molecule has 2 N–H and O–H groups in total. The van der Waals surface area contributed by atoms with Crippen LogP contribution < -0.4 is 10.1 Å². The van der Waals surface area contributed by atoms with Crippen LogP contribution in [0.25, 0.3) is 0 Å². The fourth-order valence-corrected chi connectivity index (χ4v) is 4.03. The first-order valence-corrected chi connectivity index (χ1v) is 12.3. The average Bonchev–Trinajstić information content (AvgIpc) is 3.20. The van der Waals surface area contributed by atoms with Crippen LogP contribution in [-0.2, 0) is 21.2 Å². The van der Waals surface area contributed by atoms with E-state index in [0.29, 0.717) is 42.5 Å². The fourth-order valence-electron chi connectivity index (χ4n) is 3.47. The van der Waals surface area contributed by atoms with Gasteiger partial charge < -0.3 is 20.1 Å². The van der Waals surface area contributed by atoms with Gasteiger partial charge in [-0.2, -0.15) is 0 Å². The molecular formula is C23H22N4O6S. The molecule has 0 unspecified atom stereocenters. The van der Waals surface area contributed by atoms with Gasteiger partial charge in [0.25, 0.3) is 0 Å². The number of pyridine rings is 2. The highest BCUT2D eigenvalue weighted by Crippen LogP contribution is 2.31. The maximum atomic E-state index is 12.2. The lowest BCUT2D eigenvalue weighted by atomic mass is 10.1. The standard InChI is InChI=1S/C23H22N4O6S/c1-34(31,32)21-9-6-18(13-25-21)33-19-7-5-17(11-16(19)14-27-10-2-3-22(27)28)26-20-8-4-15(12-24-20)23(29)30/h4-9,11-13H,2-3,10,14H2,1H3,(H,24,26)(H,29,30). The summed E-state index contributed by atoms with van der Waals surface area (Å²) in [6.45, 7) is 0.989. The lowest BCUT2D eigenvalue weighted by Crippen LogP contribution is -2.24. The van der Waals surface area contributed by atoms with Crippen molar-refractivity contribution >= 4 is 33.2 Å².